The van der Waals surface area contributed by atoms with E-state index in [-0.39, 0.29) is 29.2 Å². The molecule has 0 amide bonds. The second-order valence-electron chi connectivity index (χ2n) is 4.59. The van der Waals surface area contributed by atoms with Gasteiger partial charge in [-0.1, -0.05) is 6.92 Å². The van der Waals surface area contributed by atoms with Gasteiger partial charge >= 0.3 is 5.51 Å². The number of halogens is 3. The number of ether oxygens (including phenoxy) is 1. The van der Waals surface area contributed by atoms with Crippen LogP contribution in [0.25, 0.3) is 0 Å². The van der Waals surface area contributed by atoms with Gasteiger partial charge in [-0.25, -0.2) is 0 Å². The number of nitrogens with one attached hydrogen (secondary N) is 1. The zero-order valence-electron chi connectivity index (χ0n) is 10.3. The zero-order valence-corrected chi connectivity index (χ0v) is 11.1. The lowest BCUT2D eigenvalue weighted by Gasteiger charge is -2.38. The smallest absolute Gasteiger partial charge is 0.375 e. The van der Waals surface area contributed by atoms with Crippen molar-refractivity contribution in [1.82, 2.24) is 5.32 Å². The van der Waals surface area contributed by atoms with Crippen LogP contribution in [0.4, 0.5) is 13.2 Å². The summed E-state index contributed by atoms with van der Waals surface area (Å²) in [4.78, 5) is 0. The van der Waals surface area contributed by atoms with Crippen LogP contribution < -0.4 is 5.32 Å². The van der Waals surface area contributed by atoms with Crippen molar-refractivity contribution in [3.05, 3.63) is 0 Å². The molecule has 2 atom stereocenters. The molecule has 1 aliphatic heterocycles. The van der Waals surface area contributed by atoms with Crippen molar-refractivity contribution in [3.63, 3.8) is 0 Å². The summed E-state index contributed by atoms with van der Waals surface area (Å²) in [5.41, 5.74) is -4.23. The van der Waals surface area contributed by atoms with Crippen LogP contribution in [0.5, 0.6) is 0 Å². The Kier molecular flexibility index (Phi) is 5.60. The summed E-state index contributed by atoms with van der Waals surface area (Å²) in [5, 5.41) is 3.18. The fourth-order valence-electron chi connectivity index (χ4n) is 1.98. The third-order valence-corrected chi connectivity index (χ3v) is 3.88. The highest BCUT2D eigenvalue weighted by Gasteiger charge is 2.32. The molecule has 0 aromatic carbocycles. The van der Waals surface area contributed by atoms with Crippen molar-refractivity contribution < 1.29 is 17.9 Å². The first kappa shape index (κ1) is 15.1. The number of hydrogen-bond donors (Lipinski definition) is 1. The van der Waals surface area contributed by atoms with E-state index in [1.165, 1.54) is 0 Å². The first-order valence-electron chi connectivity index (χ1n) is 5.93. The molecule has 0 saturated carbocycles. The van der Waals surface area contributed by atoms with Gasteiger partial charge < -0.3 is 10.1 Å². The third kappa shape index (κ3) is 5.97. The molecule has 0 aromatic rings. The molecule has 1 saturated heterocycles. The third-order valence-electron chi connectivity index (χ3n) is 3.14. The summed E-state index contributed by atoms with van der Waals surface area (Å²) in [6.45, 7) is 5.22. The zero-order chi connectivity index (χ0) is 12.9. The number of alkyl halides is 3. The Hall–Kier alpha value is 0.0600. The molecule has 2 unspecified atom stereocenters. The van der Waals surface area contributed by atoms with Gasteiger partial charge in [-0.3, -0.25) is 0 Å². The van der Waals surface area contributed by atoms with Gasteiger partial charge in [0.1, 0.15) is 0 Å². The number of rotatable bonds is 5. The minimum atomic E-state index is -4.12. The van der Waals surface area contributed by atoms with Crippen LogP contribution in [0.3, 0.4) is 0 Å². The maximum atomic E-state index is 11.9. The summed E-state index contributed by atoms with van der Waals surface area (Å²) in [7, 11) is 0. The molecule has 0 radical (unpaired) electrons. The predicted octanol–water partition coefficient (Wildman–Crippen LogP) is 3.18. The Morgan fingerprint density at radius 1 is 1.47 bits per heavy atom. The van der Waals surface area contributed by atoms with Crippen LogP contribution in [0.15, 0.2) is 0 Å². The summed E-state index contributed by atoms with van der Waals surface area (Å²) in [6.07, 6.45) is 2.69. The molecule has 1 aliphatic rings. The molecule has 2 nitrogen and oxygen atoms in total. The molecule has 6 heteroatoms. The van der Waals surface area contributed by atoms with E-state index in [1.807, 2.05) is 0 Å². The van der Waals surface area contributed by atoms with Gasteiger partial charge in [0.15, 0.2) is 0 Å². The van der Waals surface area contributed by atoms with Gasteiger partial charge in [-0.05, 0) is 37.9 Å². The van der Waals surface area contributed by atoms with Gasteiger partial charge in [0.2, 0.25) is 0 Å². The Bertz CT molecular complexity index is 237. The van der Waals surface area contributed by atoms with Crippen LogP contribution in [0.2, 0.25) is 0 Å². The largest absolute Gasteiger partial charge is 0.441 e. The lowest BCUT2D eigenvalue weighted by molar-refractivity contribution is -0.0777. The van der Waals surface area contributed by atoms with Crippen molar-refractivity contribution >= 4 is 11.8 Å². The van der Waals surface area contributed by atoms with E-state index in [1.54, 1.807) is 0 Å². The highest BCUT2D eigenvalue weighted by molar-refractivity contribution is 8.00. The minimum Gasteiger partial charge on any atom is -0.375 e. The van der Waals surface area contributed by atoms with Crippen molar-refractivity contribution in [2.45, 2.75) is 50.3 Å². The SMILES string of the molecule is CCC1(C)CC(NCCSC(F)(F)F)CCO1. The second kappa shape index (κ2) is 6.29. The van der Waals surface area contributed by atoms with E-state index >= 15 is 0 Å². The molecule has 0 bridgehead atoms. The number of hydrogen-bond acceptors (Lipinski definition) is 3. The molecule has 17 heavy (non-hydrogen) atoms. The molecule has 1 heterocycles. The van der Waals surface area contributed by atoms with Crippen LogP contribution >= 0.6 is 11.8 Å². The summed E-state index contributed by atoms with van der Waals surface area (Å²) >= 11 is 0.0340. The Morgan fingerprint density at radius 2 is 2.18 bits per heavy atom. The van der Waals surface area contributed by atoms with E-state index in [0.717, 1.165) is 19.3 Å². The van der Waals surface area contributed by atoms with Gasteiger partial charge in [-0.15, -0.1) is 0 Å². The topological polar surface area (TPSA) is 21.3 Å². The van der Waals surface area contributed by atoms with E-state index < -0.39 is 5.51 Å². The van der Waals surface area contributed by atoms with E-state index in [2.05, 4.69) is 19.2 Å². The maximum absolute atomic E-state index is 11.9. The second-order valence-corrected chi connectivity index (χ2v) is 5.75. The minimum absolute atomic E-state index is 0.0340. The molecule has 0 aliphatic carbocycles. The van der Waals surface area contributed by atoms with Crippen molar-refractivity contribution in [2.75, 3.05) is 18.9 Å². The molecule has 1 fully saturated rings. The highest BCUT2D eigenvalue weighted by Crippen LogP contribution is 2.30. The first-order valence-corrected chi connectivity index (χ1v) is 6.91. The lowest BCUT2D eigenvalue weighted by atomic mass is 9.90. The van der Waals surface area contributed by atoms with Crippen molar-refractivity contribution in [1.29, 1.82) is 0 Å². The monoisotopic (exact) mass is 271 g/mol. The van der Waals surface area contributed by atoms with Gasteiger partial charge in [0, 0.05) is 24.9 Å². The molecule has 0 spiro atoms. The van der Waals surface area contributed by atoms with Crippen LogP contribution in [0, 0.1) is 0 Å². The average molecular weight is 271 g/mol. The molecular formula is C11H20F3NOS. The molecule has 0 aromatic heterocycles. The van der Waals surface area contributed by atoms with Crippen LogP contribution in [0.1, 0.15) is 33.1 Å². The lowest BCUT2D eigenvalue weighted by Crippen LogP contribution is -2.45. The molecule has 1 N–H and O–H groups in total. The standard InChI is InChI=1S/C11H20F3NOS/c1-3-10(2)8-9(4-6-16-10)15-5-7-17-11(12,13)14/h9,15H,3-8H2,1-2H3. The molecule has 102 valence electrons. The molecule has 1 rings (SSSR count). The quantitative estimate of drug-likeness (QED) is 0.776. The van der Waals surface area contributed by atoms with Crippen molar-refractivity contribution in [3.8, 4) is 0 Å². The summed E-state index contributed by atoms with van der Waals surface area (Å²) < 4.78 is 41.4. The fourth-order valence-corrected chi connectivity index (χ4v) is 2.43. The van der Waals surface area contributed by atoms with Crippen LogP contribution in [-0.2, 0) is 4.74 Å². The first-order chi connectivity index (χ1) is 7.85. The van der Waals surface area contributed by atoms with Gasteiger partial charge in [0.25, 0.3) is 0 Å². The Morgan fingerprint density at radius 3 is 2.76 bits per heavy atom. The Labute approximate surface area is 105 Å². The predicted molar refractivity (Wildman–Crippen MR) is 64.2 cm³/mol. The number of thioether (sulfide) groups is 1. The van der Waals surface area contributed by atoms with Gasteiger partial charge in [-0.2, -0.15) is 13.2 Å². The average Bonchev–Trinajstić information content (AvgIpc) is 2.24. The van der Waals surface area contributed by atoms with Crippen molar-refractivity contribution in [2.24, 2.45) is 0 Å². The highest BCUT2D eigenvalue weighted by atomic mass is 32.2. The van der Waals surface area contributed by atoms with E-state index in [4.69, 9.17) is 4.74 Å². The molecular weight excluding hydrogens is 251 g/mol. The van der Waals surface area contributed by atoms with E-state index in [9.17, 15) is 13.2 Å². The van der Waals surface area contributed by atoms with Gasteiger partial charge in [0.05, 0.1) is 5.60 Å². The summed E-state index contributed by atoms with van der Waals surface area (Å²) in [5.74, 6) is 0.0731. The normalized spacial score (nSPS) is 30.5. The maximum Gasteiger partial charge on any atom is 0.441 e. The van der Waals surface area contributed by atoms with Crippen LogP contribution in [-0.4, -0.2) is 36.1 Å². The Balaban J connectivity index is 2.19. The van der Waals surface area contributed by atoms with E-state index in [0.29, 0.717) is 13.2 Å². The summed E-state index contributed by atoms with van der Waals surface area (Å²) in [6, 6.07) is 0.280. The fraction of sp³-hybridized carbons (Fsp3) is 1.00.